The summed E-state index contributed by atoms with van der Waals surface area (Å²) in [6, 6.07) is 0. The molecule has 0 unspecified atom stereocenters. The average molecular weight is 342 g/mol. The summed E-state index contributed by atoms with van der Waals surface area (Å²) < 4.78 is 43.8. The van der Waals surface area contributed by atoms with Gasteiger partial charge in [-0.3, -0.25) is 4.74 Å². The van der Waals surface area contributed by atoms with Crippen LogP contribution < -0.4 is 5.32 Å². The minimum absolute atomic E-state index is 0.00505. The van der Waals surface area contributed by atoms with Crippen molar-refractivity contribution in [3.8, 4) is 0 Å². The van der Waals surface area contributed by atoms with Gasteiger partial charge in [-0.1, -0.05) is 0 Å². The number of aldehydes is 1. The lowest BCUT2D eigenvalue weighted by Gasteiger charge is -2.29. The first-order valence-electron chi connectivity index (χ1n) is 7.26. The van der Waals surface area contributed by atoms with Crippen LogP contribution in [0.25, 0.3) is 0 Å². The molecule has 1 heterocycles. The zero-order chi connectivity index (χ0) is 18.1. The number of alkyl carbamates (subject to hydrolysis) is 1. The van der Waals surface area contributed by atoms with Crippen molar-refractivity contribution in [2.45, 2.75) is 51.7 Å². The van der Waals surface area contributed by atoms with E-state index >= 15 is 0 Å². The van der Waals surface area contributed by atoms with Gasteiger partial charge in [0.05, 0.1) is 12.6 Å². The predicted molar refractivity (Wildman–Crippen MR) is 78.0 cm³/mol. The minimum atomic E-state index is -4.47. The standard InChI is InChI=1S/C7H12F3NO.C7H13NO3/c1-11-4-2-6(3-5-11)12-7(8,9)10;1-7(2,3)11-6(10)8-4-5-9/h6H,2-5H2,1H3;5H,4H2,1-3H3,(H,8,10). The largest absolute Gasteiger partial charge is 0.522 e. The molecule has 0 spiro atoms. The maximum atomic E-state index is 11.7. The number of hydrogen-bond acceptors (Lipinski definition) is 5. The average Bonchev–Trinajstić information content (AvgIpc) is 2.36. The van der Waals surface area contributed by atoms with Crippen LogP contribution in [0.5, 0.6) is 0 Å². The van der Waals surface area contributed by atoms with Crippen molar-refractivity contribution < 1.29 is 32.2 Å². The Morgan fingerprint density at radius 1 is 1.26 bits per heavy atom. The summed E-state index contributed by atoms with van der Waals surface area (Å²) in [5.41, 5.74) is -0.507. The number of hydrogen-bond donors (Lipinski definition) is 1. The highest BCUT2D eigenvalue weighted by atomic mass is 19.4. The molecule has 1 rings (SSSR count). The zero-order valence-electron chi connectivity index (χ0n) is 13.9. The van der Waals surface area contributed by atoms with Gasteiger partial charge in [-0.05, 0) is 40.7 Å². The molecular weight excluding hydrogens is 317 g/mol. The predicted octanol–water partition coefficient (Wildman–Crippen LogP) is 2.33. The summed E-state index contributed by atoms with van der Waals surface area (Å²) in [5, 5.41) is 2.26. The van der Waals surface area contributed by atoms with E-state index in [-0.39, 0.29) is 6.54 Å². The van der Waals surface area contributed by atoms with Crippen LogP contribution in [-0.2, 0) is 14.3 Å². The molecular formula is C14H25F3N2O4. The van der Waals surface area contributed by atoms with Crippen LogP contribution in [0.1, 0.15) is 33.6 Å². The van der Waals surface area contributed by atoms with Crippen LogP contribution in [0.15, 0.2) is 0 Å². The summed E-state index contributed by atoms with van der Waals surface area (Å²) in [6.07, 6.45) is -4.14. The third-order valence-corrected chi connectivity index (χ3v) is 2.69. The van der Waals surface area contributed by atoms with E-state index in [2.05, 4.69) is 10.1 Å². The van der Waals surface area contributed by atoms with Crippen LogP contribution in [0.3, 0.4) is 0 Å². The van der Waals surface area contributed by atoms with E-state index < -0.39 is 24.2 Å². The van der Waals surface area contributed by atoms with Gasteiger partial charge in [0.15, 0.2) is 0 Å². The lowest BCUT2D eigenvalue weighted by Crippen LogP contribution is -2.36. The summed E-state index contributed by atoms with van der Waals surface area (Å²) in [7, 11) is 1.89. The highest BCUT2D eigenvalue weighted by Gasteiger charge is 2.34. The molecule has 1 aliphatic rings. The Labute approximate surface area is 134 Å². The molecule has 9 heteroatoms. The van der Waals surface area contributed by atoms with Gasteiger partial charge in [-0.15, -0.1) is 13.2 Å². The van der Waals surface area contributed by atoms with E-state index in [0.29, 0.717) is 32.2 Å². The number of carbonyl (C=O) groups is 2. The lowest BCUT2D eigenvalue weighted by atomic mass is 10.1. The Bertz CT molecular complexity index is 362. The molecule has 1 fully saturated rings. The molecule has 1 saturated heterocycles. The summed E-state index contributed by atoms with van der Waals surface area (Å²) >= 11 is 0. The van der Waals surface area contributed by atoms with E-state index in [1.165, 1.54) is 0 Å². The molecule has 0 bridgehead atoms. The van der Waals surface area contributed by atoms with E-state index in [1.54, 1.807) is 20.8 Å². The van der Waals surface area contributed by atoms with Crippen molar-refractivity contribution in [2.75, 3.05) is 26.7 Å². The molecule has 0 atom stereocenters. The van der Waals surface area contributed by atoms with Crippen molar-refractivity contribution in [3.63, 3.8) is 0 Å². The Kier molecular flexibility index (Phi) is 9.14. The fourth-order valence-corrected chi connectivity index (χ4v) is 1.73. The summed E-state index contributed by atoms with van der Waals surface area (Å²) in [4.78, 5) is 22.5. The molecule has 0 radical (unpaired) electrons. The number of nitrogens with one attached hydrogen (secondary N) is 1. The Morgan fingerprint density at radius 3 is 2.17 bits per heavy atom. The Hall–Kier alpha value is -1.35. The van der Waals surface area contributed by atoms with Gasteiger partial charge in [0.1, 0.15) is 11.9 Å². The smallest absolute Gasteiger partial charge is 0.444 e. The topological polar surface area (TPSA) is 67.9 Å². The van der Waals surface area contributed by atoms with E-state index in [4.69, 9.17) is 4.74 Å². The number of piperidine rings is 1. The van der Waals surface area contributed by atoms with Gasteiger partial charge in [0.2, 0.25) is 0 Å². The maximum Gasteiger partial charge on any atom is 0.522 e. The molecule has 23 heavy (non-hydrogen) atoms. The van der Waals surface area contributed by atoms with Crippen LogP contribution in [0.2, 0.25) is 0 Å². The van der Waals surface area contributed by atoms with Crippen molar-refractivity contribution in [3.05, 3.63) is 0 Å². The Morgan fingerprint density at radius 2 is 1.78 bits per heavy atom. The normalized spacial score (nSPS) is 17.0. The van der Waals surface area contributed by atoms with E-state index in [0.717, 1.165) is 0 Å². The molecule has 0 aromatic rings. The number of nitrogens with zero attached hydrogens (tertiary/aromatic N) is 1. The molecule has 0 saturated carbocycles. The first-order valence-corrected chi connectivity index (χ1v) is 7.26. The molecule has 1 aliphatic heterocycles. The Balaban J connectivity index is 0.000000423. The maximum absolute atomic E-state index is 11.7. The third-order valence-electron chi connectivity index (χ3n) is 2.69. The fourth-order valence-electron chi connectivity index (χ4n) is 1.73. The van der Waals surface area contributed by atoms with Gasteiger partial charge >= 0.3 is 12.5 Å². The molecule has 0 aliphatic carbocycles. The quantitative estimate of drug-likeness (QED) is 0.798. The van der Waals surface area contributed by atoms with Crippen LogP contribution >= 0.6 is 0 Å². The third kappa shape index (κ3) is 14.0. The number of carbonyl (C=O) groups excluding carboxylic acids is 2. The molecule has 136 valence electrons. The van der Waals surface area contributed by atoms with Crippen molar-refractivity contribution >= 4 is 12.4 Å². The first kappa shape index (κ1) is 21.6. The molecule has 1 N–H and O–H groups in total. The van der Waals surface area contributed by atoms with Gasteiger partial charge < -0.3 is 19.7 Å². The van der Waals surface area contributed by atoms with Crippen LogP contribution in [-0.4, -0.2) is 62.0 Å². The zero-order valence-corrected chi connectivity index (χ0v) is 13.9. The minimum Gasteiger partial charge on any atom is -0.444 e. The molecule has 6 nitrogen and oxygen atoms in total. The highest BCUT2D eigenvalue weighted by Crippen LogP contribution is 2.23. The summed E-state index contributed by atoms with van der Waals surface area (Å²) in [6.45, 7) is 6.63. The van der Waals surface area contributed by atoms with Gasteiger partial charge in [0, 0.05) is 13.1 Å². The molecule has 0 aromatic heterocycles. The van der Waals surface area contributed by atoms with Gasteiger partial charge in [-0.25, -0.2) is 4.79 Å². The number of likely N-dealkylation sites (tertiary alicyclic amines) is 1. The second kappa shape index (κ2) is 9.71. The number of rotatable bonds is 3. The fraction of sp³-hybridized carbons (Fsp3) is 0.857. The highest BCUT2D eigenvalue weighted by molar-refractivity contribution is 5.71. The van der Waals surface area contributed by atoms with Gasteiger partial charge in [0.25, 0.3) is 0 Å². The second-order valence-electron chi connectivity index (χ2n) is 6.12. The van der Waals surface area contributed by atoms with E-state index in [9.17, 15) is 22.8 Å². The van der Waals surface area contributed by atoms with Crippen molar-refractivity contribution in [1.29, 1.82) is 0 Å². The summed E-state index contributed by atoms with van der Waals surface area (Å²) in [5.74, 6) is 0. The molecule has 1 amide bonds. The van der Waals surface area contributed by atoms with Crippen LogP contribution in [0, 0.1) is 0 Å². The monoisotopic (exact) mass is 342 g/mol. The number of ether oxygens (including phenoxy) is 2. The van der Waals surface area contributed by atoms with Crippen molar-refractivity contribution in [1.82, 2.24) is 10.2 Å². The second-order valence-corrected chi connectivity index (χ2v) is 6.12. The SMILES string of the molecule is CC(C)(C)OC(=O)NCC=O.CN1CCC(OC(F)(F)F)CC1. The number of alkyl halides is 3. The molecule has 0 aromatic carbocycles. The first-order chi connectivity index (χ1) is 10.4. The number of halogens is 3. The number of amides is 1. The van der Waals surface area contributed by atoms with Gasteiger partial charge in [-0.2, -0.15) is 0 Å². The van der Waals surface area contributed by atoms with E-state index in [1.807, 2.05) is 11.9 Å². The van der Waals surface area contributed by atoms with Crippen LogP contribution in [0.4, 0.5) is 18.0 Å². The van der Waals surface area contributed by atoms with Crippen molar-refractivity contribution in [2.24, 2.45) is 0 Å². The lowest BCUT2D eigenvalue weighted by molar-refractivity contribution is -0.345.